The highest BCUT2D eigenvalue weighted by molar-refractivity contribution is 4.87. The van der Waals surface area contributed by atoms with Crippen molar-refractivity contribution in [1.29, 1.82) is 0 Å². The molecule has 2 saturated carbocycles. The first kappa shape index (κ1) is 10.5. The van der Waals surface area contributed by atoms with Gasteiger partial charge in [0.05, 0.1) is 6.10 Å². The Kier molecular flexibility index (Phi) is 2.88. The van der Waals surface area contributed by atoms with Crippen LogP contribution in [0.2, 0.25) is 0 Å². The Bertz CT molecular complexity index is 183. The molecule has 0 bridgehead atoms. The van der Waals surface area contributed by atoms with Gasteiger partial charge in [-0.1, -0.05) is 20.3 Å². The van der Waals surface area contributed by atoms with Crippen LogP contribution in [-0.2, 0) is 0 Å². The topological polar surface area (TPSA) is 20.2 Å². The van der Waals surface area contributed by atoms with Gasteiger partial charge in [0, 0.05) is 0 Å². The van der Waals surface area contributed by atoms with Crippen LogP contribution >= 0.6 is 0 Å². The Labute approximate surface area is 87.9 Å². The first-order chi connectivity index (χ1) is 6.58. The van der Waals surface area contributed by atoms with Crippen LogP contribution in [0, 0.1) is 17.3 Å². The Morgan fingerprint density at radius 1 is 1.00 bits per heavy atom. The van der Waals surface area contributed by atoms with Crippen molar-refractivity contribution >= 4 is 0 Å². The molecule has 2 rings (SSSR count). The van der Waals surface area contributed by atoms with Crippen molar-refractivity contribution in [2.45, 2.75) is 64.9 Å². The smallest absolute Gasteiger partial charge is 0.0596 e. The molecule has 0 aromatic rings. The summed E-state index contributed by atoms with van der Waals surface area (Å²) in [5, 5.41) is 10.2. The molecule has 0 amide bonds. The average molecular weight is 196 g/mol. The van der Waals surface area contributed by atoms with Gasteiger partial charge in [0.1, 0.15) is 0 Å². The number of aliphatic hydroxyl groups excluding tert-OH is 1. The van der Waals surface area contributed by atoms with Crippen LogP contribution in [-0.4, -0.2) is 11.2 Å². The first-order valence-corrected chi connectivity index (χ1v) is 6.26. The number of hydrogen-bond donors (Lipinski definition) is 1. The predicted molar refractivity (Wildman–Crippen MR) is 59.1 cm³/mol. The zero-order valence-corrected chi connectivity index (χ0v) is 9.63. The van der Waals surface area contributed by atoms with Crippen LogP contribution in [0.3, 0.4) is 0 Å². The summed E-state index contributed by atoms with van der Waals surface area (Å²) < 4.78 is 0. The van der Waals surface area contributed by atoms with Gasteiger partial charge in [0.25, 0.3) is 0 Å². The molecule has 1 atom stereocenters. The van der Waals surface area contributed by atoms with E-state index in [9.17, 15) is 5.11 Å². The van der Waals surface area contributed by atoms with Crippen molar-refractivity contribution in [3.8, 4) is 0 Å². The summed E-state index contributed by atoms with van der Waals surface area (Å²) in [5.41, 5.74) is 0.538. The van der Waals surface area contributed by atoms with E-state index in [-0.39, 0.29) is 6.10 Å². The lowest BCUT2D eigenvalue weighted by molar-refractivity contribution is -0.0113. The molecule has 1 unspecified atom stereocenters. The van der Waals surface area contributed by atoms with E-state index in [0.29, 0.717) is 17.3 Å². The van der Waals surface area contributed by atoms with Gasteiger partial charge in [-0.25, -0.2) is 0 Å². The zero-order valence-electron chi connectivity index (χ0n) is 9.63. The molecule has 0 aliphatic heterocycles. The maximum absolute atomic E-state index is 10.2. The molecule has 0 aromatic carbocycles. The van der Waals surface area contributed by atoms with E-state index in [1.54, 1.807) is 0 Å². The summed E-state index contributed by atoms with van der Waals surface area (Å²) in [6, 6.07) is 0. The fraction of sp³-hybridized carbons (Fsp3) is 1.00. The summed E-state index contributed by atoms with van der Waals surface area (Å²) in [7, 11) is 0. The van der Waals surface area contributed by atoms with E-state index < -0.39 is 0 Å². The van der Waals surface area contributed by atoms with E-state index in [0.717, 1.165) is 0 Å². The molecule has 0 saturated heterocycles. The minimum Gasteiger partial charge on any atom is -0.393 e. The fourth-order valence-electron chi connectivity index (χ4n) is 2.93. The van der Waals surface area contributed by atoms with Crippen molar-refractivity contribution in [2.24, 2.45) is 17.3 Å². The van der Waals surface area contributed by atoms with E-state index >= 15 is 0 Å². The van der Waals surface area contributed by atoms with Gasteiger partial charge >= 0.3 is 0 Å². The second kappa shape index (κ2) is 3.84. The Morgan fingerprint density at radius 3 is 1.93 bits per heavy atom. The third-order valence-electron chi connectivity index (χ3n) is 4.50. The Hall–Kier alpha value is -0.0400. The van der Waals surface area contributed by atoms with Crippen molar-refractivity contribution < 1.29 is 5.11 Å². The highest BCUT2D eigenvalue weighted by Crippen LogP contribution is 2.43. The molecule has 1 heteroatoms. The van der Waals surface area contributed by atoms with Gasteiger partial charge in [0.2, 0.25) is 0 Å². The molecule has 1 nitrogen and oxygen atoms in total. The molecule has 2 fully saturated rings. The predicted octanol–water partition coefficient (Wildman–Crippen LogP) is 3.36. The summed E-state index contributed by atoms with van der Waals surface area (Å²) in [4.78, 5) is 0. The largest absolute Gasteiger partial charge is 0.393 e. The normalized spacial score (nSPS) is 31.1. The summed E-state index contributed by atoms with van der Waals surface area (Å²) in [6.07, 6.45) is 9.06. The summed E-state index contributed by atoms with van der Waals surface area (Å²) in [6.45, 7) is 4.72. The lowest BCUT2D eigenvalue weighted by Crippen LogP contribution is -2.36. The molecule has 2 aliphatic carbocycles. The Balaban J connectivity index is 1.82. The van der Waals surface area contributed by atoms with Gasteiger partial charge in [-0.2, -0.15) is 0 Å². The second-order valence-corrected chi connectivity index (χ2v) is 6.18. The second-order valence-electron chi connectivity index (χ2n) is 6.18. The standard InChI is InChI=1S/C13H24O/c1-13(2)8-6-11(7-9-13)12(14)10-4-3-5-10/h10-12,14H,3-9H2,1-2H3. The van der Waals surface area contributed by atoms with Crippen molar-refractivity contribution in [2.75, 3.05) is 0 Å². The molecule has 2 aliphatic rings. The highest BCUT2D eigenvalue weighted by Gasteiger charge is 2.35. The molecular weight excluding hydrogens is 172 g/mol. The molecular formula is C13H24O. The maximum Gasteiger partial charge on any atom is 0.0596 e. The Morgan fingerprint density at radius 2 is 1.50 bits per heavy atom. The molecule has 0 heterocycles. The first-order valence-electron chi connectivity index (χ1n) is 6.26. The molecule has 0 radical (unpaired) electrons. The van der Waals surface area contributed by atoms with Gasteiger partial charge in [-0.05, 0) is 55.8 Å². The quantitative estimate of drug-likeness (QED) is 0.718. The SMILES string of the molecule is CC1(C)CCC(C(O)C2CCC2)CC1. The number of aliphatic hydroxyl groups is 1. The lowest BCUT2D eigenvalue weighted by atomic mass is 9.67. The summed E-state index contributed by atoms with van der Waals surface area (Å²) in [5.74, 6) is 1.27. The molecule has 0 aromatic heterocycles. The maximum atomic E-state index is 10.2. The monoisotopic (exact) mass is 196 g/mol. The number of rotatable bonds is 2. The molecule has 0 spiro atoms. The van der Waals surface area contributed by atoms with Gasteiger partial charge < -0.3 is 5.11 Å². The van der Waals surface area contributed by atoms with E-state index in [4.69, 9.17) is 0 Å². The van der Waals surface area contributed by atoms with E-state index in [2.05, 4.69) is 13.8 Å². The zero-order chi connectivity index (χ0) is 10.2. The van der Waals surface area contributed by atoms with Gasteiger partial charge in [-0.15, -0.1) is 0 Å². The third-order valence-corrected chi connectivity index (χ3v) is 4.50. The van der Waals surface area contributed by atoms with Crippen LogP contribution in [0.5, 0.6) is 0 Å². The third kappa shape index (κ3) is 2.13. The van der Waals surface area contributed by atoms with Gasteiger partial charge in [-0.3, -0.25) is 0 Å². The minimum absolute atomic E-state index is 0.0276. The van der Waals surface area contributed by atoms with Crippen LogP contribution in [0.15, 0.2) is 0 Å². The minimum atomic E-state index is 0.0276. The number of hydrogen-bond acceptors (Lipinski definition) is 1. The van der Waals surface area contributed by atoms with Crippen LogP contribution in [0.1, 0.15) is 58.8 Å². The van der Waals surface area contributed by atoms with Crippen LogP contribution in [0.25, 0.3) is 0 Å². The van der Waals surface area contributed by atoms with Crippen LogP contribution in [0.4, 0.5) is 0 Å². The molecule has 14 heavy (non-hydrogen) atoms. The van der Waals surface area contributed by atoms with Crippen LogP contribution < -0.4 is 0 Å². The lowest BCUT2D eigenvalue weighted by Gasteiger charge is -2.41. The molecule has 82 valence electrons. The van der Waals surface area contributed by atoms with Crippen molar-refractivity contribution in [1.82, 2.24) is 0 Å². The average Bonchev–Trinajstić information content (AvgIpc) is 2.00. The van der Waals surface area contributed by atoms with Crippen molar-refractivity contribution in [3.63, 3.8) is 0 Å². The van der Waals surface area contributed by atoms with E-state index in [1.165, 1.54) is 44.9 Å². The molecule has 1 N–H and O–H groups in total. The fourth-order valence-corrected chi connectivity index (χ4v) is 2.93. The highest BCUT2D eigenvalue weighted by atomic mass is 16.3. The van der Waals surface area contributed by atoms with E-state index in [1.807, 2.05) is 0 Å². The van der Waals surface area contributed by atoms with Crippen molar-refractivity contribution in [3.05, 3.63) is 0 Å². The summed E-state index contributed by atoms with van der Waals surface area (Å²) >= 11 is 0. The van der Waals surface area contributed by atoms with Gasteiger partial charge in [0.15, 0.2) is 0 Å².